The summed E-state index contributed by atoms with van der Waals surface area (Å²) in [7, 11) is 0. The van der Waals surface area contributed by atoms with E-state index < -0.39 is 0 Å². The van der Waals surface area contributed by atoms with Crippen molar-refractivity contribution in [3.05, 3.63) is 48.0 Å². The lowest BCUT2D eigenvalue weighted by Gasteiger charge is -2.30. The summed E-state index contributed by atoms with van der Waals surface area (Å²) in [5, 5.41) is 0.947. The van der Waals surface area contributed by atoms with Crippen molar-refractivity contribution >= 4 is 39.1 Å². The van der Waals surface area contributed by atoms with Gasteiger partial charge in [0.15, 0.2) is 0 Å². The van der Waals surface area contributed by atoms with Gasteiger partial charge < -0.3 is 0 Å². The summed E-state index contributed by atoms with van der Waals surface area (Å²) >= 11 is 1.66. The van der Waals surface area contributed by atoms with E-state index in [1.165, 1.54) is 21.6 Å². The van der Waals surface area contributed by atoms with Crippen LogP contribution in [-0.2, 0) is 9.59 Å². The van der Waals surface area contributed by atoms with Crippen LogP contribution in [0.5, 0.6) is 0 Å². The van der Waals surface area contributed by atoms with Gasteiger partial charge >= 0.3 is 0 Å². The number of aromatic nitrogens is 1. The zero-order valence-electron chi connectivity index (χ0n) is 16.4. The number of anilines is 1. The number of amides is 2. The molecular weight excluding hydrogens is 382 g/mol. The molecule has 5 rings (SSSR count). The number of hydrogen-bond donors (Lipinski definition) is 0. The molecule has 2 aliphatic rings. The van der Waals surface area contributed by atoms with Gasteiger partial charge in [-0.3, -0.25) is 14.5 Å². The highest BCUT2D eigenvalue weighted by Gasteiger charge is 2.42. The number of rotatable bonds is 3. The highest BCUT2D eigenvalue weighted by molar-refractivity contribution is 7.21. The van der Waals surface area contributed by atoms with E-state index in [9.17, 15) is 9.59 Å². The molecule has 5 nitrogen and oxygen atoms in total. The monoisotopic (exact) mass is 405 g/mol. The van der Waals surface area contributed by atoms with E-state index in [2.05, 4.69) is 24.0 Å². The molecule has 1 atom stereocenters. The quantitative estimate of drug-likeness (QED) is 0.607. The molecule has 2 aliphatic heterocycles. The largest absolute Gasteiger partial charge is 0.292 e. The summed E-state index contributed by atoms with van der Waals surface area (Å²) in [5.41, 5.74) is 3.87. The molecule has 148 valence electrons. The third kappa shape index (κ3) is 3.36. The fourth-order valence-corrected chi connectivity index (χ4v) is 5.38. The second-order valence-corrected chi connectivity index (χ2v) is 8.95. The molecule has 0 aliphatic carbocycles. The summed E-state index contributed by atoms with van der Waals surface area (Å²) in [6.07, 6.45) is 3.71. The second kappa shape index (κ2) is 7.35. The van der Waals surface area contributed by atoms with Gasteiger partial charge in [0.25, 0.3) is 5.91 Å². The number of hydrogen-bond acceptors (Lipinski definition) is 5. The Balaban J connectivity index is 1.39. The minimum absolute atomic E-state index is 0.0832. The molecule has 2 aromatic carbocycles. The minimum atomic E-state index is -0.296. The maximum absolute atomic E-state index is 13.0. The molecule has 0 saturated carbocycles. The van der Waals surface area contributed by atoms with Crippen molar-refractivity contribution in [2.75, 3.05) is 18.0 Å². The van der Waals surface area contributed by atoms with E-state index in [-0.39, 0.29) is 24.3 Å². The van der Waals surface area contributed by atoms with Gasteiger partial charge in [-0.1, -0.05) is 12.5 Å². The molecule has 0 bridgehead atoms. The Morgan fingerprint density at radius 3 is 2.52 bits per heavy atom. The predicted octanol–water partition coefficient (Wildman–Crippen LogP) is 4.39. The normalized spacial score (nSPS) is 20.7. The molecule has 0 spiro atoms. The summed E-state index contributed by atoms with van der Waals surface area (Å²) in [4.78, 5) is 33.8. The molecule has 29 heavy (non-hydrogen) atoms. The molecule has 2 amide bonds. The topological polar surface area (TPSA) is 53.5 Å². The van der Waals surface area contributed by atoms with Gasteiger partial charge in [-0.15, -0.1) is 11.3 Å². The molecule has 3 aromatic rings. The molecule has 1 aromatic heterocycles. The Kier molecular flexibility index (Phi) is 4.68. The summed E-state index contributed by atoms with van der Waals surface area (Å²) in [6, 6.07) is 13.6. The first-order valence-corrected chi connectivity index (χ1v) is 11.0. The molecule has 0 radical (unpaired) electrons. The van der Waals surface area contributed by atoms with Crippen LogP contribution < -0.4 is 4.90 Å². The van der Waals surface area contributed by atoms with Gasteiger partial charge in [-0.25, -0.2) is 9.88 Å². The number of imide groups is 1. The summed E-state index contributed by atoms with van der Waals surface area (Å²) < 4.78 is 1.17. The first-order valence-electron chi connectivity index (χ1n) is 10.2. The first kappa shape index (κ1) is 18.5. The lowest BCUT2D eigenvalue weighted by atomic mass is 10.1. The maximum atomic E-state index is 13.0. The standard InChI is InChI=1S/C23H23N3O2S/c1-15-5-10-18-20(13-15)29-22(24-18)16-6-8-17(9-7-16)26-21(27)14-19(23(26)28)25-11-3-2-4-12-25/h5-10,13,19H,2-4,11-12,14H2,1H3/t19-/m0/s1. The molecule has 2 fully saturated rings. The van der Waals surface area contributed by atoms with Gasteiger partial charge in [0, 0.05) is 5.56 Å². The smallest absolute Gasteiger partial charge is 0.251 e. The van der Waals surface area contributed by atoms with Gasteiger partial charge in [-0.05, 0) is 74.8 Å². The van der Waals surface area contributed by atoms with Crippen molar-refractivity contribution in [1.82, 2.24) is 9.88 Å². The Hall–Kier alpha value is -2.57. The zero-order chi connectivity index (χ0) is 20.0. The second-order valence-electron chi connectivity index (χ2n) is 7.92. The number of benzene rings is 2. The van der Waals surface area contributed by atoms with Crippen LogP contribution in [0.1, 0.15) is 31.2 Å². The van der Waals surface area contributed by atoms with Crippen LogP contribution in [-0.4, -0.2) is 40.8 Å². The van der Waals surface area contributed by atoms with Gasteiger partial charge in [0.05, 0.1) is 28.4 Å². The number of piperidine rings is 1. The Morgan fingerprint density at radius 2 is 1.76 bits per heavy atom. The number of thiazole rings is 1. The summed E-state index contributed by atoms with van der Waals surface area (Å²) in [5.74, 6) is -0.186. The van der Waals surface area contributed by atoms with Gasteiger partial charge in [0.2, 0.25) is 5.91 Å². The van der Waals surface area contributed by atoms with Crippen LogP contribution in [0.25, 0.3) is 20.8 Å². The Bertz CT molecular complexity index is 1080. The Labute approximate surface area is 174 Å². The molecule has 6 heteroatoms. The number of nitrogens with zero attached hydrogens (tertiary/aromatic N) is 3. The van der Waals surface area contributed by atoms with Crippen LogP contribution in [0.4, 0.5) is 5.69 Å². The van der Waals surface area contributed by atoms with E-state index in [1.54, 1.807) is 11.3 Å². The van der Waals surface area contributed by atoms with E-state index in [4.69, 9.17) is 4.98 Å². The van der Waals surface area contributed by atoms with Gasteiger partial charge in [-0.2, -0.15) is 0 Å². The zero-order valence-corrected chi connectivity index (χ0v) is 17.2. The number of likely N-dealkylation sites (tertiary alicyclic amines) is 1. The minimum Gasteiger partial charge on any atom is -0.292 e. The van der Waals surface area contributed by atoms with Crippen LogP contribution in [0, 0.1) is 6.92 Å². The average Bonchev–Trinajstić information content (AvgIpc) is 3.29. The van der Waals surface area contributed by atoms with Crippen molar-refractivity contribution in [3.63, 3.8) is 0 Å². The van der Waals surface area contributed by atoms with Crippen LogP contribution in [0.2, 0.25) is 0 Å². The van der Waals surface area contributed by atoms with E-state index in [1.807, 2.05) is 30.3 Å². The van der Waals surface area contributed by atoms with Crippen molar-refractivity contribution in [3.8, 4) is 10.6 Å². The average molecular weight is 406 g/mol. The van der Waals surface area contributed by atoms with Crippen molar-refractivity contribution in [2.24, 2.45) is 0 Å². The van der Waals surface area contributed by atoms with Crippen LogP contribution >= 0.6 is 11.3 Å². The Morgan fingerprint density at radius 1 is 1.00 bits per heavy atom. The molecule has 2 saturated heterocycles. The first-order chi connectivity index (χ1) is 14.1. The number of aryl methyl sites for hydroxylation is 1. The van der Waals surface area contributed by atoms with Crippen molar-refractivity contribution in [1.29, 1.82) is 0 Å². The number of carbonyl (C=O) groups is 2. The van der Waals surface area contributed by atoms with Crippen LogP contribution in [0.15, 0.2) is 42.5 Å². The molecular formula is C23H23N3O2S. The third-order valence-electron chi connectivity index (χ3n) is 5.87. The number of fused-ring (bicyclic) bond motifs is 1. The van der Waals surface area contributed by atoms with Crippen LogP contribution in [0.3, 0.4) is 0 Å². The van der Waals surface area contributed by atoms with Gasteiger partial charge in [0.1, 0.15) is 5.01 Å². The highest BCUT2D eigenvalue weighted by atomic mass is 32.1. The number of carbonyl (C=O) groups excluding carboxylic acids is 2. The fourth-order valence-electron chi connectivity index (χ4n) is 4.31. The maximum Gasteiger partial charge on any atom is 0.251 e. The lowest BCUT2D eigenvalue weighted by Crippen LogP contribution is -2.44. The lowest BCUT2D eigenvalue weighted by molar-refractivity contribution is -0.123. The van der Waals surface area contributed by atoms with E-state index >= 15 is 0 Å². The highest BCUT2D eigenvalue weighted by Crippen LogP contribution is 2.33. The third-order valence-corrected chi connectivity index (χ3v) is 6.94. The van der Waals surface area contributed by atoms with Crippen molar-refractivity contribution < 1.29 is 9.59 Å². The SMILES string of the molecule is Cc1ccc2nc(-c3ccc(N4C(=O)C[C@H](N5CCCCC5)C4=O)cc3)sc2c1. The summed E-state index contributed by atoms with van der Waals surface area (Å²) in [6.45, 7) is 3.90. The molecule has 0 N–H and O–H groups in total. The molecule has 3 heterocycles. The fraction of sp³-hybridized carbons (Fsp3) is 0.348. The molecule has 0 unspecified atom stereocenters. The van der Waals surface area contributed by atoms with E-state index in [0.29, 0.717) is 5.69 Å². The van der Waals surface area contributed by atoms with E-state index in [0.717, 1.165) is 42.0 Å². The van der Waals surface area contributed by atoms with Crippen molar-refractivity contribution in [2.45, 2.75) is 38.6 Å². The predicted molar refractivity (Wildman–Crippen MR) is 116 cm³/mol.